The fourth-order valence-electron chi connectivity index (χ4n) is 3.31. The zero-order valence-corrected chi connectivity index (χ0v) is 14.4. The molecule has 0 fully saturated rings. The predicted molar refractivity (Wildman–Crippen MR) is 95.3 cm³/mol. The fraction of sp³-hybridized carbons (Fsp3) is 0.350. The molecule has 0 heterocycles. The number of anilines is 1. The molecule has 1 amide bonds. The van der Waals surface area contributed by atoms with Gasteiger partial charge in [0.15, 0.2) is 0 Å². The summed E-state index contributed by atoms with van der Waals surface area (Å²) in [6, 6.07) is 9.65. The quantitative estimate of drug-likeness (QED) is 0.919. The van der Waals surface area contributed by atoms with E-state index in [1.807, 2.05) is 19.1 Å². The number of methoxy groups -OCH3 is 2. The Morgan fingerprint density at radius 2 is 1.71 bits per heavy atom. The van der Waals surface area contributed by atoms with Gasteiger partial charge in [0.1, 0.15) is 11.5 Å². The third kappa shape index (κ3) is 3.09. The van der Waals surface area contributed by atoms with Crippen LogP contribution < -0.4 is 14.8 Å². The summed E-state index contributed by atoms with van der Waals surface area (Å²) in [5.74, 6) is 1.15. The molecule has 4 heteroatoms. The lowest BCUT2D eigenvalue weighted by Crippen LogP contribution is -2.16. The molecule has 1 aliphatic rings. The highest BCUT2D eigenvalue weighted by atomic mass is 16.5. The van der Waals surface area contributed by atoms with E-state index in [0.29, 0.717) is 17.1 Å². The first-order chi connectivity index (χ1) is 11.6. The molecule has 0 saturated carbocycles. The van der Waals surface area contributed by atoms with E-state index in [-0.39, 0.29) is 5.91 Å². The lowest BCUT2D eigenvalue weighted by molar-refractivity contribution is 0.102. The third-order valence-corrected chi connectivity index (χ3v) is 4.66. The monoisotopic (exact) mass is 325 g/mol. The van der Waals surface area contributed by atoms with Gasteiger partial charge < -0.3 is 14.8 Å². The van der Waals surface area contributed by atoms with Crippen LogP contribution in [0.2, 0.25) is 0 Å². The van der Waals surface area contributed by atoms with Crippen LogP contribution in [0.4, 0.5) is 5.69 Å². The molecule has 1 aliphatic carbocycles. The maximum atomic E-state index is 12.7. The lowest BCUT2D eigenvalue weighted by atomic mass is 9.90. The number of amides is 1. The summed E-state index contributed by atoms with van der Waals surface area (Å²) >= 11 is 0. The van der Waals surface area contributed by atoms with Gasteiger partial charge in [0.2, 0.25) is 0 Å². The zero-order chi connectivity index (χ0) is 17.1. The van der Waals surface area contributed by atoms with Crippen LogP contribution in [0.3, 0.4) is 0 Å². The number of aryl methyl sites for hydroxylation is 1. The molecule has 0 atom stereocenters. The van der Waals surface area contributed by atoms with Crippen molar-refractivity contribution >= 4 is 11.6 Å². The van der Waals surface area contributed by atoms with E-state index in [1.165, 1.54) is 24.0 Å². The van der Waals surface area contributed by atoms with Crippen LogP contribution in [0.5, 0.6) is 11.5 Å². The van der Waals surface area contributed by atoms with Crippen LogP contribution in [0.25, 0.3) is 0 Å². The van der Waals surface area contributed by atoms with Crippen molar-refractivity contribution in [2.24, 2.45) is 0 Å². The summed E-state index contributed by atoms with van der Waals surface area (Å²) < 4.78 is 10.7. The minimum atomic E-state index is -0.148. The summed E-state index contributed by atoms with van der Waals surface area (Å²) in [5, 5.41) is 3.06. The number of carbonyl (C=O) groups is 1. The van der Waals surface area contributed by atoms with Crippen LogP contribution in [0.1, 0.15) is 39.9 Å². The van der Waals surface area contributed by atoms with E-state index < -0.39 is 0 Å². The molecule has 24 heavy (non-hydrogen) atoms. The molecule has 2 aromatic rings. The number of carbonyl (C=O) groups excluding carboxylic acids is 1. The van der Waals surface area contributed by atoms with E-state index in [2.05, 4.69) is 11.4 Å². The minimum absolute atomic E-state index is 0.148. The number of hydrogen-bond acceptors (Lipinski definition) is 3. The maximum absolute atomic E-state index is 12.7. The predicted octanol–water partition coefficient (Wildman–Crippen LogP) is 4.14. The van der Waals surface area contributed by atoms with Gasteiger partial charge in [0.25, 0.3) is 5.91 Å². The normalized spacial score (nSPS) is 13.1. The highest BCUT2D eigenvalue weighted by Gasteiger charge is 2.17. The van der Waals surface area contributed by atoms with Crippen molar-refractivity contribution < 1.29 is 14.3 Å². The van der Waals surface area contributed by atoms with Gasteiger partial charge in [-0.1, -0.05) is 12.1 Å². The van der Waals surface area contributed by atoms with Crippen molar-refractivity contribution in [2.45, 2.75) is 32.6 Å². The van der Waals surface area contributed by atoms with Crippen LogP contribution in [-0.4, -0.2) is 20.1 Å². The average molecular weight is 325 g/mol. The summed E-state index contributed by atoms with van der Waals surface area (Å²) in [5.41, 5.74) is 4.94. The molecule has 1 N–H and O–H groups in total. The number of rotatable bonds is 4. The Balaban J connectivity index is 1.91. The van der Waals surface area contributed by atoms with Crippen LogP contribution >= 0.6 is 0 Å². The second-order valence-corrected chi connectivity index (χ2v) is 6.11. The second-order valence-electron chi connectivity index (χ2n) is 6.11. The van der Waals surface area contributed by atoms with Gasteiger partial charge in [-0.3, -0.25) is 4.79 Å². The smallest absolute Gasteiger partial charge is 0.255 e. The molecular formula is C20H23NO3. The van der Waals surface area contributed by atoms with Crippen molar-refractivity contribution in [3.63, 3.8) is 0 Å². The molecule has 126 valence electrons. The van der Waals surface area contributed by atoms with Crippen LogP contribution in [0, 0.1) is 6.92 Å². The largest absolute Gasteiger partial charge is 0.496 e. The molecular weight excluding hydrogens is 302 g/mol. The first-order valence-corrected chi connectivity index (χ1v) is 8.28. The second kappa shape index (κ2) is 6.95. The molecule has 0 aliphatic heterocycles. The third-order valence-electron chi connectivity index (χ3n) is 4.66. The van der Waals surface area contributed by atoms with Gasteiger partial charge in [0, 0.05) is 16.8 Å². The van der Waals surface area contributed by atoms with Gasteiger partial charge in [-0.05, 0) is 61.9 Å². The maximum Gasteiger partial charge on any atom is 0.255 e. The Morgan fingerprint density at radius 1 is 1.04 bits per heavy atom. The average Bonchev–Trinajstić information content (AvgIpc) is 2.62. The molecule has 0 spiro atoms. The summed E-state index contributed by atoms with van der Waals surface area (Å²) in [7, 11) is 3.19. The van der Waals surface area contributed by atoms with Gasteiger partial charge >= 0.3 is 0 Å². The highest BCUT2D eigenvalue weighted by molar-refractivity contribution is 6.05. The molecule has 3 rings (SSSR count). The summed E-state index contributed by atoms with van der Waals surface area (Å²) in [6.07, 6.45) is 4.50. The molecule has 0 unspecified atom stereocenters. The van der Waals surface area contributed by atoms with E-state index in [0.717, 1.165) is 24.1 Å². The van der Waals surface area contributed by atoms with Gasteiger partial charge in [-0.2, -0.15) is 0 Å². The Labute approximate surface area is 142 Å². The highest BCUT2D eigenvalue weighted by Crippen LogP contribution is 2.31. The Morgan fingerprint density at radius 3 is 2.38 bits per heavy atom. The van der Waals surface area contributed by atoms with Gasteiger partial charge in [-0.25, -0.2) is 0 Å². The summed E-state index contributed by atoms with van der Waals surface area (Å²) in [6.45, 7) is 1.91. The number of hydrogen-bond donors (Lipinski definition) is 1. The standard InChI is InChI=1S/C20H23NO3/c1-13-18(23-2)11-15(12-19(13)24-3)20(22)21-17-10-6-8-14-7-4-5-9-16(14)17/h6,8,10-12H,4-5,7,9H2,1-3H3,(H,21,22). The SMILES string of the molecule is COc1cc(C(=O)Nc2cccc3c2CCCC3)cc(OC)c1C. The van der Waals surface area contributed by atoms with Gasteiger partial charge in [-0.15, -0.1) is 0 Å². The number of fused-ring (bicyclic) bond motifs is 1. The molecule has 0 radical (unpaired) electrons. The first kappa shape index (κ1) is 16.4. The molecule has 0 aromatic heterocycles. The molecule has 0 bridgehead atoms. The topological polar surface area (TPSA) is 47.6 Å². The zero-order valence-electron chi connectivity index (χ0n) is 14.4. The molecule has 4 nitrogen and oxygen atoms in total. The van der Waals surface area contributed by atoms with E-state index in [9.17, 15) is 4.79 Å². The van der Waals surface area contributed by atoms with Crippen molar-refractivity contribution in [1.29, 1.82) is 0 Å². The minimum Gasteiger partial charge on any atom is -0.496 e. The van der Waals surface area contributed by atoms with E-state index in [4.69, 9.17) is 9.47 Å². The lowest BCUT2D eigenvalue weighted by Gasteiger charge is -2.20. The van der Waals surface area contributed by atoms with Crippen LogP contribution in [-0.2, 0) is 12.8 Å². The number of benzene rings is 2. The number of nitrogens with one attached hydrogen (secondary N) is 1. The Hall–Kier alpha value is -2.49. The Bertz CT molecular complexity index is 742. The van der Waals surface area contributed by atoms with Crippen molar-refractivity contribution in [3.05, 3.63) is 52.6 Å². The van der Waals surface area contributed by atoms with Gasteiger partial charge in [0.05, 0.1) is 14.2 Å². The molecule has 0 saturated heterocycles. The first-order valence-electron chi connectivity index (χ1n) is 8.28. The van der Waals surface area contributed by atoms with E-state index in [1.54, 1.807) is 26.4 Å². The number of ether oxygens (including phenoxy) is 2. The van der Waals surface area contributed by atoms with Crippen molar-refractivity contribution in [2.75, 3.05) is 19.5 Å². The van der Waals surface area contributed by atoms with E-state index >= 15 is 0 Å². The summed E-state index contributed by atoms with van der Waals surface area (Å²) in [4.78, 5) is 12.7. The van der Waals surface area contributed by atoms with Crippen LogP contribution in [0.15, 0.2) is 30.3 Å². The van der Waals surface area contributed by atoms with Crippen molar-refractivity contribution in [3.8, 4) is 11.5 Å². The Kier molecular flexibility index (Phi) is 4.74. The van der Waals surface area contributed by atoms with Crippen molar-refractivity contribution in [1.82, 2.24) is 0 Å². The fourth-order valence-corrected chi connectivity index (χ4v) is 3.31. The molecule has 2 aromatic carbocycles.